The van der Waals surface area contributed by atoms with E-state index in [0.717, 1.165) is 17.0 Å². The predicted molar refractivity (Wildman–Crippen MR) is 90.1 cm³/mol. The van der Waals surface area contributed by atoms with Crippen molar-refractivity contribution >= 4 is 12.4 Å². The molecule has 0 aliphatic heterocycles. The molecular weight excluding hydrogens is 308 g/mol. The minimum atomic E-state index is -0.250. The van der Waals surface area contributed by atoms with Gasteiger partial charge in [0, 0.05) is 18.9 Å². The number of carbonyl (C=O) groups is 2. The fourth-order valence-electron chi connectivity index (χ4n) is 2.01. The van der Waals surface area contributed by atoms with Crippen LogP contribution in [0.3, 0.4) is 0 Å². The van der Waals surface area contributed by atoms with E-state index < -0.39 is 0 Å². The number of rotatable bonds is 6. The summed E-state index contributed by atoms with van der Waals surface area (Å²) in [6.07, 6.45) is 3.49. The molecule has 0 saturated carbocycles. The normalized spacial score (nSPS) is 9.79. The molecule has 0 atom stereocenters. The largest absolute Gasteiger partial charge is 0.483 e. The van der Waals surface area contributed by atoms with Crippen molar-refractivity contribution < 1.29 is 14.7 Å². The Kier molecular flexibility index (Phi) is 8.70. The number of carbonyl (C=O) groups excluding carboxylic acids is 1. The molecule has 0 unspecified atom stereocenters. The molecule has 2 heterocycles. The van der Waals surface area contributed by atoms with Crippen LogP contribution in [0.1, 0.15) is 17.0 Å². The standard InChI is InChI=1S/C16H20N4O.CH2O2/c1-13-6-5-9-18-15(13)10-19-16(21)12-20(2)11-14-7-3-4-8-17-14;2-1-3/h3-9H,10-12H2,1-2H3,(H,19,21);1H,(H,2,3). The highest BCUT2D eigenvalue weighted by Gasteiger charge is 2.08. The van der Waals surface area contributed by atoms with E-state index in [1.54, 1.807) is 12.4 Å². The summed E-state index contributed by atoms with van der Waals surface area (Å²) in [5.74, 6) is -0.0153. The number of pyridine rings is 2. The molecule has 0 saturated heterocycles. The summed E-state index contributed by atoms with van der Waals surface area (Å²) < 4.78 is 0. The van der Waals surface area contributed by atoms with E-state index in [9.17, 15) is 4.79 Å². The second-order valence-corrected chi connectivity index (χ2v) is 5.14. The lowest BCUT2D eigenvalue weighted by Crippen LogP contribution is -2.34. The van der Waals surface area contributed by atoms with Crippen LogP contribution in [0, 0.1) is 6.92 Å². The highest BCUT2D eigenvalue weighted by atomic mass is 16.3. The molecule has 24 heavy (non-hydrogen) atoms. The highest BCUT2D eigenvalue weighted by Crippen LogP contribution is 2.02. The fraction of sp³-hybridized carbons (Fsp3) is 0.294. The number of hydrogen-bond acceptors (Lipinski definition) is 5. The first-order valence-electron chi connectivity index (χ1n) is 7.40. The summed E-state index contributed by atoms with van der Waals surface area (Å²) in [7, 11) is 1.90. The third-order valence-electron chi connectivity index (χ3n) is 3.14. The van der Waals surface area contributed by atoms with Crippen molar-refractivity contribution in [1.82, 2.24) is 20.2 Å². The zero-order valence-corrected chi connectivity index (χ0v) is 13.8. The van der Waals surface area contributed by atoms with Gasteiger partial charge >= 0.3 is 0 Å². The quantitative estimate of drug-likeness (QED) is 0.774. The maximum atomic E-state index is 11.9. The summed E-state index contributed by atoms with van der Waals surface area (Å²) in [5, 5.41) is 9.78. The van der Waals surface area contributed by atoms with Crippen molar-refractivity contribution in [1.29, 1.82) is 0 Å². The van der Waals surface area contributed by atoms with E-state index in [2.05, 4.69) is 15.3 Å². The van der Waals surface area contributed by atoms with E-state index in [0.29, 0.717) is 19.6 Å². The van der Waals surface area contributed by atoms with Crippen molar-refractivity contribution in [2.75, 3.05) is 13.6 Å². The van der Waals surface area contributed by atoms with Gasteiger partial charge in [0.25, 0.3) is 6.47 Å². The Morgan fingerprint density at radius 3 is 2.58 bits per heavy atom. The maximum Gasteiger partial charge on any atom is 0.290 e. The lowest BCUT2D eigenvalue weighted by Gasteiger charge is -2.15. The first-order chi connectivity index (χ1) is 11.6. The summed E-state index contributed by atoms with van der Waals surface area (Å²) in [6, 6.07) is 9.65. The monoisotopic (exact) mass is 330 g/mol. The molecule has 0 bridgehead atoms. The Bertz CT molecular complexity index is 635. The Balaban J connectivity index is 0.000000891. The molecule has 128 valence electrons. The smallest absolute Gasteiger partial charge is 0.290 e. The molecule has 0 fully saturated rings. The topological polar surface area (TPSA) is 95.4 Å². The van der Waals surface area contributed by atoms with Crippen molar-refractivity contribution in [2.45, 2.75) is 20.0 Å². The minimum Gasteiger partial charge on any atom is -0.483 e. The Hall–Kier alpha value is -2.80. The summed E-state index contributed by atoms with van der Waals surface area (Å²) in [4.78, 5) is 30.7. The van der Waals surface area contributed by atoms with Crippen LogP contribution in [0.2, 0.25) is 0 Å². The van der Waals surface area contributed by atoms with Gasteiger partial charge in [0.2, 0.25) is 5.91 Å². The van der Waals surface area contributed by atoms with Crippen molar-refractivity contribution in [2.24, 2.45) is 0 Å². The second-order valence-electron chi connectivity index (χ2n) is 5.14. The molecule has 0 aromatic carbocycles. The van der Waals surface area contributed by atoms with Gasteiger partial charge in [-0.3, -0.25) is 24.5 Å². The lowest BCUT2D eigenvalue weighted by atomic mass is 10.2. The van der Waals surface area contributed by atoms with Crippen LogP contribution in [-0.4, -0.2) is 45.9 Å². The number of amides is 1. The average molecular weight is 330 g/mol. The average Bonchev–Trinajstić information content (AvgIpc) is 2.55. The molecule has 1 amide bonds. The minimum absolute atomic E-state index is 0.0153. The van der Waals surface area contributed by atoms with E-state index in [1.807, 2.05) is 49.2 Å². The predicted octanol–water partition coefficient (Wildman–Crippen LogP) is 1.23. The molecule has 0 radical (unpaired) electrons. The van der Waals surface area contributed by atoms with Crippen LogP contribution in [0.4, 0.5) is 0 Å². The molecule has 2 aromatic heterocycles. The Morgan fingerprint density at radius 2 is 1.96 bits per heavy atom. The van der Waals surface area contributed by atoms with Crippen LogP contribution in [0.5, 0.6) is 0 Å². The second kappa shape index (κ2) is 10.8. The van der Waals surface area contributed by atoms with Crippen LogP contribution < -0.4 is 5.32 Å². The number of nitrogens with zero attached hydrogens (tertiary/aromatic N) is 3. The van der Waals surface area contributed by atoms with Gasteiger partial charge in [0.1, 0.15) is 0 Å². The molecule has 0 aliphatic rings. The van der Waals surface area contributed by atoms with Crippen LogP contribution >= 0.6 is 0 Å². The summed E-state index contributed by atoms with van der Waals surface area (Å²) in [6.45, 7) is 3.18. The van der Waals surface area contributed by atoms with E-state index >= 15 is 0 Å². The van der Waals surface area contributed by atoms with Gasteiger partial charge in [0.15, 0.2) is 0 Å². The first kappa shape index (κ1) is 19.2. The number of aromatic nitrogens is 2. The van der Waals surface area contributed by atoms with Gasteiger partial charge in [-0.05, 0) is 37.7 Å². The van der Waals surface area contributed by atoms with Crippen LogP contribution in [0.15, 0.2) is 42.7 Å². The highest BCUT2D eigenvalue weighted by molar-refractivity contribution is 5.77. The van der Waals surface area contributed by atoms with Crippen molar-refractivity contribution in [3.05, 3.63) is 59.7 Å². The van der Waals surface area contributed by atoms with Gasteiger partial charge in [-0.15, -0.1) is 0 Å². The SMILES string of the molecule is Cc1cccnc1CNC(=O)CN(C)Cc1ccccn1.O=CO. The number of likely N-dealkylation sites (N-methyl/N-ethyl adjacent to an activating group) is 1. The molecular formula is C17H22N4O3. The number of carboxylic acid groups (broad SMARTS) is 1. The molecule has 2 aromatic rings. The van der Waals surface area contributed by atoms with Gasteiger partial charge < -0.3 is 10.4 Å². The summed E-state index contributed by atoms with van der Waals surface area (Å²) >= 11 is 0. The molecule has 7 heteroatoms. The fourth-order valence-corrected chi connectivity index (χ4v) is 2.01. The van der Waals surface area contributed by atoms with Crippen molar-refractivity contribution in [3.8, 4) is 0 Å². The van der Waals surface area contributed by atoms with Crippen molar-refractivity contribution in [3.63, 3.8) is 0 Å². The third-order valence-corrected chi connectivity index (χ3v) is 3.14. The molecule has 2 N–H and O–H groups in total. The molecule has 7 nitrogen and oxygen atoms in total. The third kappa shape index (κ3) is 7.46. The van der Waals surface area contributed by atoms with E-state index in [1.165, 1.54) is 0 Å². The zero-order chi connectivity index (χ0) is 17.8. The van der Waals surface area contributed by atoms with E-state index in [4.69, 9.17) is 9.90 Å². The van der Waals surface area contributed by atoms with Gasteiger partial charge in [-0.2, -0.15) is 0 Å². The van der Waals surface area contributed by atoms with Gasteiger partial charge in [-0.25, -0.2) is 0 Å². The number of aryl methyl sites for hydroxylation is 1. The molecule has 0 aliphatic carbocycles. The first-order valence-corrected chi connectivity index (χ1v) is 7.40. The van der Waals surface area contributed by atoms with Gasteiger partial charge in [-0.1, -0.05) is 12.1 Å². The number of hydrogen-bond donors (Lipinski definition) is 2. The van der Waals surface area contributed by atoms with Gasteiger partial charge in [0.05, 0.1) is 24.5 Å². The van der Waals surface area contributed by atoms with Crippen LogP contribution in [-0.2, 0) is 22.7 Å². The van der Waals surface area contributed by atoms with Crippen LogP contribution in [0.25, 0.3) is 0 Å². The molecule has 0 spiro atoms. The summed E-state index contributed by atoms with van der Waals surface area (Å²) in [5.41, 5.74) is 2.94. The number of nitrogens with one attached hydrogen (secondary N) is 1. The lowest BCUT2D eigenvalue weighted by molar-refractivity contribution is -0.123. The molecule has 2 rings (SSSR count). The maximum absolute atomic E-state index is 11.9. The Morgan fingerprint density at radius 1 is 1.25 bits per heavy atom. The van der Waals surface area contributed by atoms with E-state index in [-0.39, 0.29) is 12.4 Å². The zero-order valence-electron chi connectivity index (χ0n) is 13.8. The Labute approximate surface area is 141 Å².